The molecule has 0 spiro atoms. The van der Waals surface area contributed by atoms with Gasteiger partial charge in [0.25, 0.3) is 0 Å². The Balaban J connectivity index is 0.000000224. The molecule has 0 saturated heterocycles. The third-order valence-electron chi connectivity index (χ3n) is 10.1. The van der Waals surface area contributed by atoms with Crippen LogP contribution in [0.2, 0.25) is 0 Å². The molecule has 0 aromatic heterocycles. The minimum Gasteiger partial charge on any atom is -0.693 e. The van der Waals surface area contributed by atoms with Gasteiger partial charge in [0, 0.05) is 0 Å². The molecule has 0 unspecified atom stereocenters. The molecule has 63 heavy (non-hydrogen) atoms. The maximum atomic E-state index is 11.0. The first kappa shape index (κ1) is 53.0. The van der Waals surface area contributed by atoms with Gasteiger partial charge < -0.3 is 17.1 Å². The van der Waals surface area contributed by atoms with Crippen molar-refractivity contribution in [2.24, 2.45) is 5.92 Å². The van der Waals surface area contributed by atoms with Crippen LogP contribution in [0.15, 0.2) is 206 Å². The molecule has 0 bridgehead atoms. The molecule has 324 valence electrons. The third-order valence-corrected chi connectivity index (χ3v) is 15.0. The van der Waals surface area contributed by atoms with Crippen LogP contribution in [0, 0.1) is 24.3 Å². The normalized spacial score (nSPS) is 12.3. The summed E-state index contributed by atoms with van der Waals surface area (Å²) >= 11 is 0. The number of hydrogen-bond donors (Lipinski definition) is 0. The predicted octanol–water partition coefficient (Wildman–Crippen LogP) is 12.3. The fourth-order valence-corrected chi connectivity index (χ4v) is 11.7. The van der Waals surface area contributed by atoms with Crippen molar-refractivity contribution >= 4 is 53.6 Å². The minimum atomic E-state index is -0.446. The Kier molecular flexibility index (Phi) is 27.2. The van der Waals surface area contributed by atoms with Crippen molar-refractivity contribution in [2.75, 3.05) is 6.61 Å². The summed E-state index contributed by atoms with van der Waals surface area (Å²) in [4.78, 5) is 11.0. The van der Waals surface area contributed by atoms with E-state index < -0.39 is 15.8 Å². The van der Waals surface area contributed by atoms with Crippen LogP contribution in [0.4, 0.5) is 0 Å². The van der Waals surface area contributed by atoms with E-state index in [0.29, 0.717) is 18.1 Å². The molecular formula is C57H58FeO2P2Pt+2. The Hall–Kier alpha value is -4.36. The molecule has 2 aliphatic rings. The molecule has 0 N–H and O–H groups in total. The predicted molar refractivity (Wildman–Crippen MR) is 264 cm³/mol. The van der Waals surface area contributed by atoms with Gasteiger partial charge in [0.15, 0.2) is 0 Å². The first-order chi connectivity index (χ1) is 30.2. The monoisotopic (exact) mass is 1090 g/mol. The maximum Gasteiger partial charge on any atom is 2.00 e. The number of ether oxygens (including phenoxy) is 1. The largest absolute Gasteiger partial charge is 2.00 e. The van der Waals surface area contributed by atoms with Crippen LogP contribution in [0.3, 0.4) is 0 Å². The number of hydrogen-bond acceptors (Lipinski definition) is 2. The third kappa shape index (κ3) is 19.1. The van der Waals surface area contributed by atoms with Gasteiger partial charge >= 0.3 is 44.1 Å². The zero-order valence-electron chi connectivity index (χ0n) is 36.2. The Morgan fingerprint density at radius 1 is 0.508 bits per heavy atom. The van der Waals surface area contributed by atoms with Crippen molar-refractivity contribution in [1.82, 2.24) is 0 Å². The van der Waals surface area contributed by atoms with E-state index in [2.05, 4.69) is 194 Å². The van der Waals surface area contributed by atoms with Crippen molar-refractivity contribution in [3.05, 3.63) is 224 Å². The molecule has 0 radical (unpaired) electrons. The van der Waals surface area contributed by atoms with Gasteiger partial charge in [-0.15, -0.1) is 0 Å². The average molecular weight is 1090 g/mol. The maximum absolute atomic E-state index is 11.0. The molecule has 0 heterocycles. The summed E-state index contributed by atoms with van der Waals surface area (Å²) in [5, 5.41) is 8.39. The molecule has 0 amide bonds. The molecule has 0 atom stereocenters. The second-order valence-electron chi connectivity index (χ2n) is 14.6. The Morgan fingerprint density at radius 3 is 1.00 bits per heavy atom. The van der Waals surface area contributed by atoms with Crippen LogP contribution in [0.5, 0.6) is 0 Å². The van der Waals surface area contributed by atoms with Crippen molar-refractivity contribution in [1.29, 1.82) is 0 Å². The number of carbonyl (C=O) groups is 1. The van der Waals surface area contributed by atoms with E-state index >= 15 is 0 Å². The van der Waals surface area contributed by atoms with Crippen molar-refractivity contribution in [3.63, 3.8) is 0 Å². The molecule has 2 aliphatic carbocycles. The van der Waals surface area contributed by atoms with Crippen LogP contribution in [0.1, 0.15) is 75.1 Å². The summed E-state index contributed by atoms with van der Waals surface area (Å²) in [5.74, 6) is 2.75. The summed E-state index contributed by atoms with van der Waals surface area (Å²) < 4.78 is 4.78. The molecule has 9 rings (SSSR count). The SMILES string of the molecule is C1CCCC1.CCOC(=O)c1cc[c-]cc1.[C-]#CC1CCCC1.[Fe+2].[Pt+2].c1ccc(P(c2ccccc2)c2ccccc2)cc1.c1ccc(P(c2ccccc2)c2ccccc2)cc1. The number of esters is 1. The van der Waals surface area contributed by atoms with E-state index in [1.54, 1.807) is 31.2 Å². The number of carbonyl (C=O) groups excluding carboxylic acids is 1. The smallest absolute Gasteiger partial charge is 0.693 e. The summed E-state index contributed by atoms with van der Waals surface area (Å²) in [6.45, 7) is 2.20. The van der Waals surface area contributed by atoms with E-state index in [9.17, 15) is 4.79 Å². The topological polar surface area (TPSA) is 26.3 Å². The molecule has 7 aromatic rings. The summed E-state index contributed by atoms with van der Waals surface area (Å²) in [6, 6.07) is 74.2. The molecule has 2 saturated carbocycles. The van der Waals surface area contributed by atoms with E-state index in [-0.39, 0.29) is 44.1 Å². The Bertz CT molecular complexity index is 1900. The molecule has 2 fully saturated rings. The first-order valence-corrected chi connectivity index (χ1v) is 24.3. The van der Waals surface area contributed by atoms with Gasteiger partial charge in [-0.2, -0.15) is 30.3 Å². The zero-order chi connectivity index (χ0) is 42.6. The Labute approximate surface area is 406 Å². The van der Waals surface area contributed by atoms with Crippen LogP contribution in [-0.2, 0) is 42.9 Å². The second-order valence-corrected chi connectivity index (χ2v) is 19.0. The average Bonchev–Trinajstić information content (AvgIpc) is 4.12. The fraction of sp³-hybridized carbons (Fsp3) is 0.211. The first-order valence-electron chi connectivity index (χ1n) is 21.6. The van der Waals surface area contributed by atoms with Gasteiger partial charge in [0.2, 0.25) is 0 Å². The van der Waals surface area contributed by atoms with Crippen LogP contribution in [0.25, 0.3) is 0 Å². The zero-order valence-corrected chi connectivity index (χ0v) is 41.3. The molecule has 6 heteroatoms. The minimum absolute atomic E-state index is 0. The summed E-state index contributed by atoms with van der Waals surface area (Å²) in [5.41, 5.74) is 0.575. The van der Waals surface area contributed by atoms with Gasteiger partial charge in [-0.25, -0.2) is 4.79 Å². The van der Waals surface area contributed by atoms with Gasteiger partial charge in [-0.3, -0.25) is 0 Å². The van der Waals surface area contributed by atoms with E-state index in [1.807, 2.05) is 0 Å². The van der Waals surface area contributed by atoms with Gasteiger partial charge in [-0.1, -0.05) is 227 Å². The molecule has 7 aromatic carbocycles. The number of benzene rings is 7. The summed E-state index contributed by atoms with van der Waals surface area (Å²) in [6.07, 6.45) is 19.3. The van der Waals surface area contributed by atoms with E-state index in [4.69, 9.17) is 11.2 Å². The molecule has 0 aliphatic heterocycles. The summed E-state index contributed by atoms with van der Waals surface area (Å²) in [7, 11) is -0.892. The van der Waals surface area contributed by atoms with Crippen molar-refractivity contribution < 1.29 is 47.7 Å². The van der Waals surface area contributed by atoms with E-state index in [1.165, 1.54) is 89.6 Å². The van der Waals surface area contributed by atoms with Crippen molar-refractivity contribution in [2.45, 2.75) is 64.7 Å². The standard InChI is InChI=1S/2C18H15P.C9H9O2.C7H9.C5H10.Fe.Pt/c2*1-4-10-16(11-5-1)19(17-12-6-2-7-13-17)18-14-8-3-9-15-18;1-2-11-9(10)8-6-4-3-5-7-8;1-2-7-5-3-4-6-7;1-2-4-5-3-1;;/h2*1-15H;4-7H,2H2,1H3;7H,3-6H2;1-5H2;;/q;;2*-1;;2*+2. The number of rotatable bonds is 8. The van der Waals surface area contributed by atoms with Crippen LogP contribution < -0.4 is 31.8 Å². The van der Waals surface area contributed by atoms with Gasteiger partial charge in [0.1, 0.15) is 0 Å². The van der Waals surface area contributed by atoms with Crippen LogP contribution >= 0.6 is 15.8 Å². The molecule has 2 nitrogen and oxygen atoms in total. The van der Waals surface area contributed by atoms with Gasteiger partial charge in [-0.05, 0) is 78.9 Å². The second kappa shape index (κ2) is 32.3. The van der Waals surface area contributed by atoms with E-state index in [0.717, 1.165) is 0 Å². The molecular weight excluding hydrogens is 1030 g/mol. The Morgan fingerprint density at radius 2 is 0.778 bits per heavy atom. The van der Waals surface area contributed by atoms with Gasteiger partial charge in [0.05, 0.1) is 6.61 Å². The fourth-order valence-electron chi connectivity index (χ4n) is 7.05. The van der Waals surface area contributed by atoms with Crippen LogP contribution in [-0.4, -0.2) is 12.6 Å². The van der Waals surface area contributed by atoms with Crippen molar-refractivity contribution in [3.8, 4) is 5.92 Å². The quantitative estimate of drug-likeness (QED) is 0.0498.